The summed E-state index contributed by atoms with van der Waals surface area (Å²) in [7, 11) is 4.04. The highest BCUT2D eigenvalue weighted by Gasteiger charge is 2.21. The van der Waals surface area contributed by atoms with Crippen molar-refractivity contribution in [3.63, 3.8) is 0 Å². The van der Waals surface area contributed by atoms with E-state index < -0.39 is 0 Å². The van der Waals surface area contributed by atoms with Crippen molar-refractivity contribution in [2.45, 2.75) is 31.7 Å². The fourth-order valence-electron chi connectivity index (χ4n) is 2.94. The highest BCUT2D eigenvalue weighted by atomic mass is 15.2. The van der Waals surface area contributed by atoms with Crippen LogP contribution in [0, 0.1) is 0 Å². The van der Waals surface area contributed by atoms with Crippen LogP contribution in [0.1, 0.15) is 25.7 Å². The molecular formula is C17H22N4. The Morgan fingerprint density at radius 3 is 2.48 bits per heavy atom. The highest BCUT2D eigenvalue weighted by Crippen LogP contribution is 2.28. The summed E-state index contributed by atoms with van der Waals surface area (Å²) in [6, 6.07) is 12.8. The molecule has 0 unspecified atom stereocenters. The van der Waals surface area contributed by atoms with Crippen LogP contribution in [0.4, 0.5) is 11.6 Å². The zero-order valence-electron chi connectivity index (χ0n) is 12.7. The highest BCUT2D eigenvalue weighted by molar-refractivity contribution is 5.61. The molecule has 1 aromatic carbocycles. The van der Waals surface area contributed by atoms with Crippen LogP contribution in [0.3, 0.4) is 0 Å². The quantitative estimate of drug-likeness (QED) is 0.931. The molecule has 110 valence electrons. The summed E-state index contributed by atoms with van der Waals surface area (Å²) in [5, 5.41) is 3.15. The second-order valence-corrected chi connectivity index (χ2v) is 5.60. The normalized spacial score (nSPS) is 15.1. The van der Waals surface area contributed by atoms with Gasteiger partial charge in [0.05, 0.1) is 0 Å². The Kier molecular flexibility index (Phi) is 4.04. The van der Waals surface area contributed by atoms with Crippen LogP contribution in [-0.4, -0.2) is 30.1 Å². The first kappa shape index (κ1) is 13.9. The Labute approximate surface area is 126 Å². The molecule has 0 spiro atoms. The van der Waals surface area contributed by atoms with Crippen molar-refractivity contribution in [3.8, 4) is 11.4 Å². The molecule has 1 saturated carbocycles. The molecule has 4 heteroatoms. The third kappa shape index (κ3) is 2.99. The summed E-state index contributed by atoms with van der Waals surface area (Å²) in [5.41, 5.74) is 1.05. The van der Waals surface area contributed by atoms with Gasteiger partial charge in [0.2, 0.25) is 0 Å². The molecule has 0 bridgehead atoms. The Bertz CT molecular complexity index is 591. The van der Waals surface area contributed by atoms with Crippen LogP contribution >= 0.6 is 0 Å². The van der Waals surface area contributed by atoms with Crippen LogP contribution in [0.25, 0.3) is 11.4 Å². The summed E-state index contributed by atoms with van der Waals surface area (Å²) >= 11 is 0. The van der Waals surface area contributed by atoms with Crippen molar-refractivity contribution in [1.29, 1.82) is 0 Å². The molecule has 0 amide bonds. The first-order chi connectivity index (χ1) is 10.3. The van der Waals surface area contributed by atoms with Crippen molar-refractivity contribution in [2.24, 2.45) is 0 Å². The van der Waals surface area contributed by atoms with Gasteiger partial charge < -0.3 is 10.2 Å². The minimum Gasteiger partial charge on any atom is -0.373 e. The molecule has 3 rings (SSSR count). The van der Waals surface area contributed by atoms with Gasteiger partial charge in [0, 0.05) is 31.8 Å². The summed E-state index contributed by atoms with van der Waals surface area (Å²) in [4.78, 5) is 11.7. The van der Waals surface area contributed by atoms with Gasteiger partial charge in [-0.25, -0.2) is 9.97 Å². The van der Waals surface area contributed by atoms with Crippen LogP contribution in [0.15, 0.2) is 36.4 Å². The third-order valence-corrected chi connectivity index (χ3v) is 4.23. The smallest absolute Gasteiger partial charge is 0.163 e. The lowest BCUT2D eigenvalue weighted by molar-refractivity contribution is 0.646. The second-order valence-electron chi connectivity index (χ2n) is 5.60. The van der Waals surface area contributed by atoms with E-state index in [-0.39, 0.29) is 0 Å². The Morgan fingerprint density at radius 1 is 1.10 bits per heavy atom. The molecule has 1 N–H and O–H groups in total. The molecular weight excluding hydrogens is 260 g/mol. The zero-order chi connectivity index (χ0) is 14.7. The Hall–Kier alpha value is -2.10. The van der Waals surface area contributed by atoms with Crippen molar-refractivity contribution in [2.75, 3.05) is 24.3 Å². The Morgan fingerprint density at radius 2 is 1.81 bits per heavy atom. The molecule has 1 aromatic heterocycles. The van der Waals surface area contributed by atoms with Gasteiger partial charge in [-0.15, -0.1) is 0 Å². The molecule has 2 aromatic rings. The van der Waals surface area contributed by atoms with Crippen molar-refractivity contribution >= 4 is 11.6 Å². The number of aromatic nitrogens is 2. The molecule has 0 radical (unpaired) electrons. The molecule has 0 aliphatic heterocycles. The van der Waals surface area contributed by atoms with Crippen LogP contribution < -0.4 is 10.2 Å². The maximum Gasteiger partial charge on any atom is 0.163 e. The van der Waals surface area contributed by atoms with E-state index in [1.807, 2.05) is 43.4 Å². The molecule has 4 nitrogen and oxygen atoms in total. The van der Waals surface area contributed by atoms with Gasteiger partial charge in [-0.1, -0.05) is 43.2 Å². The van der Waals surface area contributed by atoms with E-state index in [1.54, 1.807) is 0 Å². The van der Waals surface area contributed by atoms with E-state index in [2.05, 4.69) is 22.2 Å². The lowest BCUT2D eigenvalue weighted by atomic mass is 10.2. The van der Waals surface area contributed by atoms with Gasteiger partial charge >= 0.3 is 0 Å². The number of nitrogens with one attached hydrogen (secondary N) is 1. The molecule has 1 fully saturated rings. The summed E-state index contributed by atoms with van der Waals surface area (Å²) in [6.45, 7) is 0. The monoisotopic (exact) mass is 282 g/mol. The molecule has 0 saturated heterocycles. The maximum absolute atomic E-state index is 4.77. The minimum absolute atomic E-state index is 0.605. The van der Waals surface area contributed by atoms with Crippen LogP contribution in [0.2, 0.25) is 0 Å². The van der Waals surface area contributed by atoms with Gasteiger partial charge in [-0.05, 0) is 12.8 Å². The Balaban J connectivity index is 1.97. The van der Waals surface area contributed by atoms with E-state index in [0.717, 1.165) is 23.0 Å². The predicted molar refractivity (Wildman–Crippen MR) is 87.7 cm³/mol. The van der Waals surface area contributed by atoms with E-state index in [0.29, 0.717) is 6.04 Å². The standard InChI is InChI=1S/C17H22N4/c1-18-15-12-16(21(2)14-10-6-7-11-14)20-17(19-15)13-8-4-3-5-9-13/h3-5,8-9,12,14H,6-7,10-11H2,1-2H3,(H,18,19,20). The summed E-state index contributed by atoms with van der Waals surface area (Å²) < 4.78 is 0. The van der Waals surface area contributed by atoms with Crippen LogP contribution in [-0.2, 0) is 0 Å². The number of rotatable bonds is 4. The first-order valence-corrected chi connectivity index (χ1v) is 7.63. The summed E-state index contributed by atoms with van der Waals surface area (Å²) in [5.74, 6) is 2.64. The second kappa shape index (κ2) is 6.12. The van der Waals surface area contributed by atoms with Crippen molar-refractivity contribution in [1.82, 2.24) is 9.97 Å². The molecule has 1 aliphatic carbocycles. The van der Waals surface area contributed by atoms with E-state index >= 15 is 0 Å². The number of hydrogen-bond donors (Lipinski definition) is 1. The predicted octanol–water partition coefficient (Wildman–Crippen LogP) is 3.56. The van der Waals surface area contributed by atoms with Crippen LogP contribution in [0.5, 0.6) is 0 Å². The minimum atomic E-state index is 0.605. The fraction of sp³-hybridized carbons (Fsp3) is 0.412. The number of benzene rings is 1. The zero-order valence-corrected chi connectivity index (χ0v) is 12.7. The lowest BCUT2D eigenvalue weighted by Crippen LogP contribution is -2.29. The number of anilines is 2. The van der Waals surface area contributed by atoms with Crippen molar-refractivity contribution < 1.29 is 0 Å². The van der Waals surface area contributed by atoms with Gasteiger partial charge in [0.15, 0.2) is 5.82 Å². The number of nitrogens with zero attached hydrogens (tertiary/aromatic N) is 3. The van der Waals surface area contributed by atoms with E-state index in [9.17, 15) is 0 Å². The van der Waals surface area contributed by atoms with E-state index in [1.165, 1.54) is 25.7 Å². The SMILES string of the molecule is CNc1cc(N(C)C2CCCC2)nc(-c2ccccc2)n1. The van der Waals surface area contributed by atoms with Gasteiger partial charge in [0.1, 0.15) is 11.6 Å². The summed E-state index contributed by atoms with van der Waals surface area (Å²) in [6.07, 6.45) is 5.17. The van der Waals surface area contributed by atoms with Gasteiger partial charge in [-0.3, -0.25) is 0 Å². The number of hydrogen-bond acceptors (Lipinski definition) is 4. The lowest BCUT2D eigenvalue weighted by Gasteiger charge is -2.26. The fourth-order valence-corrected chi connectivity index (χ4v) is 2.94. The first-order valence-electron chi connectivity index (χ1n) is 7.63. The van der Waals surface area contributed by atoms with Gasteiger partial charge in [0.25, 0.3) is 0 Å². The maximum atomic E-state index is 4.77. The van der Waals surface area contributed by atoms with E-state index in [4.69, 9.17) is 4.98 Å². The molecule has 0 atom stereocenters. The molecule has 1 heterocycles. The molecule has 1 aliphatic rings. The van der Waals surface area contributed by atoms with Crippen molar-refractivity contribution in [3.05, 3.63) is 36.4 Å². The average molecular weight is 282 g/mol. The molecule has 21 heavy (non-hydrogen) atoms. The topological polar surface area (TPSA) is 41.0 Å². The van der Waals surface area contributed by atoms with Gasteiger partial charge in [-0.2, -0.15) is 0 Å². The third-order valence-electron chi connectivity index (χ3n) is 4.23. The largest absolute Gasteiger partial charge is 0.373 e. The average Bonchev–Trinajstić information content (AvgIpc) is 3.09.